The van der Waals surface area contributed by atoms with Crippen LogP contribution in [0.1, 0.15) is 6.92 Å². The lowest BCUT2D eigenvalue weighted by atomic mass is 10.6. The van der Waals surface area contributed by atoms with Crippen molar-refractivity contribution < 1.29 is 23.8 Å². The van der Waals surface area contributed by atoms with Crippen molar-refractivity contribution in [3.8, 4) is 0 Å². The average molecular weight is 262 g/mol. The van der Waals surface area contributed by atoms with Crippen LogP contribution in [-0.2, 0) is 23.8 Å². The minimum Gasteiger partial charge on any atom is -0.463 e. The lowest BCUT2D eigenvalue weighted by Gasteiger charge is -2.05. The van der Waals surface area contributed by atoms with Gasteiger partial charge >= 0.3 is 11.9 Å². The van der Waals surface area contributed by atoms with Crippen LogP contribution >= 0.6 is 11.8 Å². The molecule has 0 aliphatic heterocycles. The maximum absolute atomic E-state index is 11.1. The van der Waals surface area contributed by atoms with Crippen LogP contribution < -0.4 is 0 Å². The van der Waals surface area contributed by atoms with Crippen LogP contribution in [0, 0.1) is 0 Å². The summed E-state index contributed by atoms with van der Waals surface area (Å²) in [5.74, 6) is 0.881. The van der Waals surface area contributed by atoms with E-state index in [2.05, 4.69) is 11.3 Å². The molecule has 6 heteroatoms. The van der Waals surface area contributed by atoms with E-state index in [9.17, 15) is 9.59 Å². The number of carbonyl (C=O) groups is 2. The SMILES string of the molecule is C=CC(=O)OCCOCC(=O)OCCSCC. The smallest absolute Gasteiger partial charge is 0.332 e. The van der Waals surface area contributed by atoms with E-state index in [1.165, 1.54) is 0 Å². The van der Waals surface area contributed by atoms with Crippen molar-refractivity contribution in [1.29, 1.82) is 0 Å². The molecule has 0 saturated carbocycles. The first-order valence-electron chi connectivity index (χ1n) is 5.31. The van der Waals surface area contributed by atoms with Crippen LogP contribution in [0.5, 0.6) is 0 Å². The van der Waals surface area contributed by atoms with Gasteiger partial charge in [-0.05, 0) is 5.75 Å². The summed E-state index contributed by atoms with van der Waals surface area (Å²) < 4.78 is 14.5. The third-order valence-corrected chi connectivity index (χ3v) is 2.42. The highest BCUT2D eigenvalue weighted by Crippen LogP contribution is 1.97. The van der Waals surface area contributed by atoms with Crippen molar-refractivity contribution in [1.82, 2.24) is 0 Å². The molecule has 0 spiro atoms. The third kappa shape index (κ3) is 11.3. The molecule has 0 aromatic heterocycles. The van der Waals surface area contributed by atoms with Crippen molar-refractivity contribution in [3.05, 3.63) is 12.7 Å². The molecule has 0 aromatic rings. The topological polar surface area (TPSA) is 61.8 Å². The van der Waals surface area contributed by atoms with Crippen LogP contribution in [-0.4, -0.2) is 49.9 Å². The van der Waals surface area contributed by atoms with E-state index in [-0.39, 0.29) is 19.8 Å². The van der Waals surface area contributed by atoms with Crippen molar-refractivity contribution in [2.45, 2.75) is 6.92 Å². The molecule has 0 fully saturated rings. The van der Waals surface area contributed by atoms with Crippen LogP contribution in [0.4, 0.5) is 0 Å². The third-order valence-electron chi connectivity index (χ3n) is 1.55. The fourth-order valence-electron chi connectivity index (χ4n) is 0.816. The Bertz CT molecular complexity index is 242. The zero-order valence-electron chi connectivity index (χ0n) is 9.98. The number of esters is 2. The number of hydrogen-bond donors (Lipinski definition) is 0. The molecule has 0 heterocycles. The van der Waals surface area contributed by atoms with Gasteiger partial charge < -0.3 is 14.2 Å². The van der Waals surface area contributed by atoms with E-state index in [0.29, 0.717) is 6.61 Å². The molecular formula is C11H18O5S. The molecule has 0 aromatic carbocycles. The molecule has 0 rings (SSSR count). The molecule has 5 nitrogen and oxygen atoms in total. The zero-order chi connectivity index (χ0) is 12.9. The molecule has 17 heavy (non-hydrogen) atoms. The van der Waals surface area contributed by atoms with Crippen LogP contribution in [0.15, 0.2) is 12.7 Å². The van der Waals surface area contributed by atoms with Gasteiger partial charge in [-0.25, -0.2) is 9.59 Å². The summed E-state index contributed by atoms with van der Waals surface area (Å²) in [6, 6.07) is 0. The highest BCUT2D eigenvalue weighted by molar-refractivity contribution is 7.99. The van der Waals surface area contributed by atoms with Gasteiger partial charge in [-0.2, -0.15) is 11.8 Å². The van der Waals surface area contributed by atoms with Crippen molar-refractivity contribution in [2.75, 3.05) is 37.9 Å². The van der Waals surface area contributed by atoms with Crippen LogP contribution in [0.2, 0.25) is 0 Å². The summed E-state index contributed by atoms with van der Waals surface area (Å²) in [6.45, 7) is 5.83. The van der Waals surface area contributed by atoms with Gasteiger partial charge in [0.1, 0.15) is 19.8 Å². The predicted molar refractivity (Wildman–Crippen MR) is 65.9 cm³/mol. The summed E-state index contributed by atoms with van der Waals surface area (Å²) >= 11 is 1.70. The quantitative estimate of drug-likeness (QED) is 0.333. The van der Waals surface area contributed by atoms with Crippen molar-refractivity contribution in [3.63, 3.8) is 0 Å². The molecule has 0 aliphatic carbocycles. The summed E-state index contributed by atoms with van der Waals surface area (Å²) in [5.41, 5.74) is 0. The first kappa shape index (κ1) is 16.0. The summed E-state index contributed by atoms with van der Waals surface area (Å²) in [6.07, 6.45) is 1.07. The number of carbonyl (C=O) groups excluding carboxylic acids is 2. The zero-order valence-corrected chi connectivity index (χ0v) is 10.8. The standard InChI is InChI=1S/C11H18O5S/c1-3-10(12)15-6-5-14-9-11(13)16-7-8-17-4-2/h3H,1,4-9H2,2H3. The normalized spacial score (nSPS) is 9.71. The fraction of sp³-hybridized carbons (Fsp3) is 0.636. The number of hydrogen-bond acceptors (Lipinski definition) is 6. The summed E-state index contributed by atoms with van der Waals surface area (Å²) in [5, 5.41) is 0. The predicted octanol–water partition coefficient (Wildman–Crippen LogP) is 1.03. The van der Waals surface area contributed by atoms with E-state index < -0.39 is 11.9 Å². The second-order valence-corrected chi connectivity index (χ2v) is 4.24. The molecule has 0 saturated heterocycles. The number of ether oxygens (including phenoxy) is 3. The molecule has 0 bridgehead atoms. The van der Waals surface area contributed by atoms with Gasteiger partial charge in [0.05, 0.1) is 6.61 Å². The highest BCUT2D eigenvalue weighted by atomic mass is 32.2. The largest absolute Gasteiger partial charge is 0.463 e. The van der Waals surface area contributed by atoms with Gasteiger partial charge in [-0.15, -0.1) is 0 Å². The van der Waals surface area contributed by atoms with Gasteiger partial charge in [-0.1, -0.05) is 13.5 Å². The summed E-state index contributed by atoms with van der Waals surface area (Å²) in [7, 11) is 0. The fourth-order valence-corrected chi connectivity index (χ4v) is 1.31. The molecule has 0 aliphatic rings. The number of rotatable bonds is 10. The Morgan fingerprint density at radius 2 is 2.00 bits per heavy atom. The van der Waals surface area contributed by atoms with Gasteiger partial charge in [0.15, 0.2) is 0 Å². The Morgan fingerprint density at radius 1 is 1.24 bits per heavy atom. The van der Waals surface area contributed by atoms with Crippen molar-refractivity contribution >= 4 is 23.7 Å². The van der Waals surface area contributed by atoms with Gasteiger partial charge in [0, 0.05) is 11.8 Å². The number of thioether (sulfide) groups is 1. The molecular weight excluding hydrogens is 244 g/mol. The van der Waals surface area contributed by atoms with Gasteiger partial charge in [-0.3, -0.25) is 0 Å². The molecule has 98 valence electrons. The maximum Gasteiger partial charge on any atom is 0.332 e. The van der Waals surface area contributed by atoms with Gasteiger partial charge in [0.25, 0.3) is 0 Å². The Balaban J connectivity index is 3.27. The van der Waals surface area contributed by atoms with Gasteiger partial charge in [0.2, 0.25) is 0 Å². The minimum atomic E-state index is -0.507. The minimum absolute atomic E-state index is 0.101. The van der Waals surface area contributed by atoms with E-state index in [0.717, 1.165) is 17.6 Å². The summed E-state index contributed by atoms with van der Waals surface area (Å²) in [4.78, 5) is 21.7. The maximum atomic E-state index is 11.1. The van der Waals surface area contributed by atoms with Crippen LogP contribution in [0.25, 0.3) is 0 Å². The Labute approximate surface area is 105 Å². The van der Waals surface area contributed by atoms with E-state index in [4.69, 9.17) is 9.47 Å². The second-order valence-electron chi connectivity index (χ2n) is 2.84. The Hall–Kier alpha value is -1.01. The Morgan fingerprint density at radius 3 is 2.65 bits per heavy atom. The van der Waals surface area contributed by atoms with E-state index >= 15 is 0 Å². The molecule has 0 atom stereocenters. The lowest BCUT2D eigenvalue weighted by molar-refractivity contribution is -0.149. The first-order valence-corrected chi connectivity index (χ1v) is 6.46. The van der Waals surface area contributed by atoms with Crippen molar-refractivity contribution in [2.24, 2.45) is 0 Å². The lowest BCUT2D eigenvalue weighted by Crippen LogP contribution is -2.17. The average Bonchev–Trinajstić information content (AvgIpc) is 2.34. The first-order chi connectivity index (χ1) is 8.20. The molecule has 0 radical (unpaired) electrons. The Kier molecular flexibility index (Phi) is 10.8. The molecule has 0 amide bonds. The molecule has 0 unspecified atom stereocenters. The monoisotopic (exact) mass is 262 g/mol. The highest BCUT2D eigenvalue weighted by Gasteiger charge is 2.02. The van der Waals surface area contributed by atoms with Crippen LogP contribution in [0.3, 0.4) is 0 Å². The second kappa shape index (κ2) is 11.5. The molecule has 0 N–H and O–H groups in total. The van der Waals surface area contributed by atoms with E-state index in [1.807, 2.05) is 6.92 Å². The van der Waals surface area contributed by atoms with E-state index in [1.54, 1.807) is 11.8 Å².